The van der Waals surface area contributed by atoms with Crippen LogP contribution in [0.5, 0.6) is 5.75 Å². The smallest absolute Gasteiger partial charge is 0.308 e. The fourth-order valence-corrected chi connectivity index (χ4v) is 4.15. The number of hydrogen-bond acceptors (Lipinski definition) is 5. The summed E-state index contributed by atoms with van der Waals surface area (Å²) in [5, 5.41) is 0.234. The quantitative estimate of drug-likeness (QED) is 0.511. The van der Waals surface area contributed by atoms with Gasteiger partial charge in [0.1, 0.15) is 23.2 Å². The van der Waals surface area contributed by atoms with Crippen LogP contribution in [0.3, 0.4) is 0 Å². The first kappa shape index (κ1) is 22.8. The van der Waals surface area contributed by atoms with Crippen molar-refractivity contribution in [1.82, 2.24) is 9.55 Å². The number of halogens is 3. The molecule has 1 aliphatic carbocycles. The van der Waals surface area contributed by atoms with Gasteiger partial charge in [0, 0.05) is 17.7 Å². The lowest BCUT2D eigenvalue weighted by molar-refractivity contribution is -0.149. The van der Waals surface area contributed by atoms with Gasteiger partial charge in [-0.05, 0) is 50.8 Å². The van der Waals surface area contributed by atoms with Gasteiger partial charge < -0.3 is 14.0 Å². The van der Waals surface area contributed by atoms with Crippen LogP contribution in [0, 0.1) is 23.4 Å². The maximum atomic E-state index is 14.1. The number of nitrogens with zero attached hydrogens (tertiary/aromatic N) is 2. The van der Waals surface area contributed by atoms with Crippen molar-refractivity contribution in [3.63, 3.8) is 0 Å². The third kappa shape index (κ3) is 5.02. The van der Waals surface area contributed by atoms with Crippen LogP contribution in [0.15, 0.2) is 41.5 Å². The molecular weight excluding hydrogens is 437 g/mol. The van der Waals surface area contributed by atoms with Gasteiger partial charge in [0.25, 0.3) is 5.56 Å². The van der Waals surface area contributed by atoms with E-state index in [0.717, 1.165) is 0 Å². The fraction of sp³-hybridized carbons (Fsp3) is 0.375. The summed E-state index contributed by atoms with van der Waals surface area (Å²) in [7, 11) is 0. The van der Waals surface area contributed by atoms with E-state index in [1.165, 1.54) is 10.9 Å². The molecule has 0 amide bonds. The Balaban J connectivity index is 1.53. The number of hydrogen-bond donors (Lipinski definition) is 0. The maximum absolute atomic E-state index is 14.1. The van der Waals surface area contributed by atoms with Crippen LogP contribution >= 0.6 is 0 Å². The van der Waals surface area contributed by atoms with E-state index in [0.29, 0.717) is 55.7 Å². The van der Waals surface area contributed by atoms with Crippen molar-refractivity contribution < 1.29 is 27.4 Å². The molecule has 0 radical (unpaired) electrons. The zero-order valence-corrected chi connectivity index (χ0v) is 18.0. The molecule has 1 heterocycles. The molecule has 1 aromatic heterocycles. The predicted octanol–water partition coefficient (Wildman–Crippen LogP) is 4.36. The normalized spacial score (nSPS) is 18.3. The van der Waals surface area contributed by atoms with Gasteiger partial charge in [0.2, 0.25) is 0 Å². The molecule has 174 valence electrons. The number of carbonyl (C=O) groups excluding carboxylic acids is 1. The summed E-state index contributed by atoms with van der Waals surface area (Å²) in [6.07, 6.45) is 3.79. The van der Waals surface area contributed by atoms with Crippen LogP contribution in [0.4, 0.5) is 13.2 Å². The number of ether oxygens (including phenoxy) is 2. The second kappa shape index (κ2) is 9.64. The molecule has 6 nitrogen and oxygen atoms in total. The molecule has 9 heteroatoms. The highest BCUT2D eigenvalue weighted by Gasteiger charge is 2.28. The Morgan fingerprint density at radius 3 is 2.45 bits per heavy atom. The van der Waals surface area contributed by atoms with Crippen LogP contribution in [0.25, 0.3) is 10.9 Å². The van der Waals surface area contributed by atoms with E-state index in [-0.39, 0.29) is 35.5 Å². The predicted molar refractivity (Wildman–Crippen MR) is 114 cm³/mol. The minimum atomic E-state index is -1.02. The average Bonchev–Trinajstić information content (AvgIpc) is 2.78. The van der Waals surface area contributed by atoms with E-state index in [1.807, 2.05) is 0 Å². The lowest BCUT2D eigenvalue weighted by atomic mass is 9.87. The highest BCUT2D eigenvalue weighted by atomic mass is 19.1. The fourth-order valence-electron chi connectivity index (χ4n) is 4.15. The van der Waals surface area contributed by atoms with Crippen LogP contribution < -0.4 is 10.3 Å². The zero-order valence-electron chi connectivity index (χ0n) is 18.0. The first-order valence-corrected chi connectivity index (χ1v) is 10.8. The van der Waals surface area contributed by atoms with Gasteiger partial charge in [-0.2, -0.15) is 4.98 Å². The second-order valence-corrected chi connectivity index (χ2v) is 8.05. The third-order valence-electron chi connectivity index (χ3n) is 5.85. The Kier molecular flexibility index (Phi) is 6.67. The van der Waals surface area contributed by atoms with Gasteiger partial charge in [-0.15, -0.1) is 0 Å². The third-order valence-corrected chi connectivity index (χ3v) is 5.85. The highest BCUT2D eigenvalue weighted by molar-refractivity contribution is 5.79. The van der Waals surface area contributed by atoms with Crippen molar-refractivity contribution in [2.75, 3.05) is 6.61 Å². The molecule has 0 bridgehead atoms. The van der Waals surface area contributed by atoms with Crippen molar-refractivity contribution in [3.05, 3.63) is 70.0 Å². The number of esters is 1. The molecule has 1 saturated carbocycles. The average molecular weight is 460 g/mol. The molecule has 2 aromatic carbocycles. The van der Waals surface area contributed by atoms with Gasteiger partial charge in [-0.25, -0.2) is 13.2 Å². The molecule has 1 fully saturated rings. The SMILES string of the molecule is CCOC(=O)[C@H]1CC[C@H](Oc2ccc3c(c2)c(=O)ncn3Cc2c(F)cc(F)cc2F)CC1. The van der Waals surface area contributed by atoms with Gasteiger partial charge in [-0.1, -0.05) is 0 Å². The molecule has 3 aromatic rings. The largest absolute Gasteiger partial charge is 0.490 e. The Labute approximate surface area is 188 Å². The van der Waals surface area contributed by atoms with E-state index < -0.39 is 23.0 Å². The highest BCUT2D eigenvalue weighted by Crippen LogP contribution is 2.29. The first-order valence-electron chi connectivity index (χ1n) is 10.8. The Morgan fingerprint density at radius 1 is 1.09 bits per heavy atom. The van der Waals surface area contributed by atoms with Crippen molar-refractivity contribution in [3.8, 4) is 5.75 Å². The lowest BCUT2D eigenvalue weighted by Gasteiger charge is -2.27. The number of benzene rings is 2. The summed E-state index contributed by atoms with van der Waals surface area (Å²) in [4.78, 5) is 28.0. The van der Waals surface area contributed by atoms with Crippen molar-refractivity contribution in [2.24, 2.45) is 5.92 Å². The van der Waals surface area contributed by atoms with E-state index in [2.05, 4.69) is 4.98 Å². The molecule has 4 rings (SSSR count). The molecule has 0 saturated heterocycles. The van der Waals surface area contributed by atoms with E-state index in [9.17, 15) is 22.8 Å². The number of aromatic nitrogens is 2. The van der Waals surface area contributed by atoms with Gasteiger partial charge in [-0.3, -0.25) is 9.59 Å². The summed E-state index contributed by atoms with van der Waals surface area (Å²) in [5.74, 6) is -2.87. The summed E-state index contributed by atoms with van der Waals surface area (Å²) < 4.78 is 53.9. The molecule has 0 N–H and O–H groups in total. The molecule has 0 unspecified atom stereocenters. The van der Waals surface area contributed by atoms with E-state index in [1.54, 1.807) is 25.1 Å². The van der Waals surface area contributed by atoms with Crippen LogP contribution in [0.2, 0.25) is 0 Å². The van der Waals surface area contributed by atoms with Crippen molar-refractivity contribution in [2.45, 2.75) is 45.3 Å². The van der Waals surface area contributed by atoms with Crippen molar-refractivity contribution in [1.29, 1.82) is 0 Å². The first-order chi connectivity index (χ1) is 15.9. The standard InChI is InChI=1S/C24H23F3N2O4/c1-2-32-24(31)14-3-5-16(6-4-14)33-17-7-8-22-18(11-17)23(30)28-13-29(22)12-19-20(26)9-15(25)10-21(19)27/h7-11,13-14,16H,2-6,12H2,1H3/t14-,16-. The lowest BCUT2D eigenvalue weighted by Crippen LogP contribution is -2.29. The summed E-state index contributed by atoms with van der Waals surface area (Å²) in [6.45, 7) is 1.88. The Hall–Kier alpha value is -3.36. The molecule has 1 aliphatic rings. The van der Waals surface area contributed by atoms with E-state index in [4.69, 9.17) is 9.47 Å². The molecule has 0 aliphatic heterocycles. The van der Waals surface area contributed by atoms with Crippen LogP contribution in [-0.2, 0) is 16.1 Å². The Morgan fingerprint density at radius 2 is 1.79 bits per heavy atom. The molecule has 0 atom stereocenters. The minimum absolute atomic E-state index is 0.102. The molecule has 33 heavy (non-hydrogen) atoms. The van der Waals surface area contributed by atoms with Gasteiger partial charge in [0.15, 0.2) is 0 Å². The zero-order chi connectivity index (χ0) is 23.5. The van der Waals surface area contributed by atoms with Crippen LogP contribution in [-0.4, -0.2) is 28.2 Å². The summed E-state index contributed by atoms with van der Waals surface area (Å²) in [6, 6.07) is 6.07. The Bertz CT molecular complexity index is 1210. The summed E-state index contributed by atoms with van der Waals surface area (Å²) >= 11 is 0. The molecule has 0 spiro atoms. The minimum Gasteiger partial charge on any atom is -0.490 e. The van der Waals surface area contributed by atoms with E-state index >= 15 is 0 Å². The van der Waals surface area contributed by atoms with Gasteiger partial charge >= 0.3 is 5.97 Å². The van der Waals surface area contributed by atoms with Crippen LogP contribution in [0.1, 0.15) is 38.2 Å². The molecular formula is C24H23F3N2O4. The summed E-state index contributed by atoms with van der Waals surface area (Å²) in [5.41, 5.74) is -0.420. The number of carbonyl (C=O) groups is 1. The number of fused-ring (bicyclic) bond motifs is 1. The van der Waals surface area contributed by atoms with Crippen molar-refractivity contribution >= 4 is 16.9 Å². The monoisotopic (exact) mass is 460 g/mol. The topological polar surface area (TPSA) is 70.4 Å². The maximum Gasteiger partial charge on any atom is 0.308 e. The second-order valence-electron chi connectivity index (χ2n) is 8.05. The van der Waals surface area contributed by atoms with Gasteiger partial charge in [0.05, 0.1) is 42.4 Å². The number of rotatable bonds is 6.